The maximum atomic E-state index is 12.6. The third-order valence-corrected chi connectivity index (χ3v) is 9.15. The van der Waals surface area contributed by atoms with Crippen LogP contribution in [0.5, 0.6) is 0 Å². The van der Waals surface area contributed by atoms with Crippen LogP contribution < -0.4 is 0 Å². The molecule has 3 saturated carbocycles. The minimum Gasteiger partial charge on any atom is -0.481 e. The predicted octanol–water partition coefficient (Wildman–Crippen LogP) is 2.59. The number of hydrogen-bond acceptors (Lipinski definition) is 5. The molecule has 4 aliphatic carbocycles. The topological polar surface area (TPSA) is 104 Å². The summed E-state index contributed by atoms with van der Waals surface area (Å²) < 4.78 is 5.16. The van der Waals surface area contributed by atoms with Gasteiger partial charge in [-0.3, -0.25) is 4.79 Å². The van der Waals surface area contributed by atoms with E-state index in [9.17, 15) is 24.9 Å². The highest BCUT2D eigenvalue weighted by Gasteiger charge is 2.68. The number of aliphatic hydroxyl groups is 2. The average molecular weight is 402 g/mol. The number of hydrogen-bond donors (Lipinski definition) is 3. The molecule has 1 heterocycles. The summed E-state index contributed by atoms with van der Waals surface area (Å²) in [7, 11) is 0. The van der Waals surface area contributed by atoms with E-state index in [-0.39, 0.29) is 35.6 Å². The summed E-state index contributed by atoms with van der Waals surface area (Å²) in [6.45, 7) is 2.63. The zero-order chi connectivity index (χ0) is 20.6. The van der Waals surface area contributed by atoms with Gasteiger partial charge >= 0.3 is 11.9 Å². The van der Waals surface area contributed by atoms with E-state index in [1.54, 1.807) is 6.08 Å². The van der Waals surface area contributed by atoms with Gasteiger partial charge in [0.1, 0.15) is 6.61 Å². The quantitative estimate of drug-likeness (QED) is 0.484. The average Bonchev–Trinajstić information content (AvgIpc) is 3.23. The fourth-order valence-corrected chi connectivity index (χ4v) is 7.82. The lowest BCUT2D eigenvalue weighted by Gasteiger charge is -2.61. The van der Waals surface area contributed by atoms with Crippen LogP contribution in [0.15, 0.2) is 23.3 Å². The monoisotopic (exact) mass is 402 g/mol. The molecule has 5 aliphatic rings. The van der Waals surface area contributed by atoms with Gasteiger partial charge in [0.25, 0.3) is 0 Å². The Hall–Kier alpha value is -1.66. The van der Waals surface area contributed by atoms with Crippen molar-refractivity contribution < 1.29 is 29.6 Å². The molecule has 0 spiro atoms. The standard InChI is InChI=1S/C23H30O6/c1-21-7-6-18-15(17(21)3-2-16(21)13-10-19(25)29-12-13)5-8-22(28)11-14(24)4-9-23(18,22)20(26)27/h3,10,14-16,18,24,28H,2,4-9,11-12H2,1H3,(H,26,27)/t14-,15+,16-,18+,21+,22-,23-/m0/s1. The molecule has 158 valence electrons. The fourth-order valence-electron chi connectivity index (χ4n) is 7.82. The Labute approximate surface area is 170 Å². The van der Waals surface area contributed by atoms with Gasteiger partial charge in [-0.15, -0.1) is 0 Å². The number of cyclic esters (lactones) is 1. The van der Waals surface area contributed by atoms with E-state index in [4.69, 9.17) is 4.74 Å². The Morgan fingerprint density at radius 2 is 2.00 bits per heavy atom. The summed E-state index contributed by atoms with van der Waals surface area (Å²) in [5.41, 5.74) is -0.208. The molecule has 1 aliphatic heterocycles. The molecule has 0 aromatic rings. The maximum absolute atomic E-state index is 12.6. The van der Waals surface area contributed by atoms with Crippen molar-refractivity contribution >= 4 is 11.9 Å². The SMILES string of the molecule is C[C@]12CC[C@@H]3[C@H](CC[C@]4(O)C[C@@H](O)CC[C@@]34C(=O)O)C1=CC[C@H]2C1=CC(=O)OC1. The van der Waals surface area contributed by atoms with Gasteiger partial charge in [0.2, 0.25) is 0 Å². The first-order valence-corrected chi connectivity index (χ1v) is 10.9. The molecule has 6 heteroatoms. The number of esters is 1. The normalized spacial score (nSPS) is 48.7. The van der Waals surface area contributed by atoms with Gasteiger partial charge in [-0.05, 0) is 73.7 Å². The summed E-state index contributed by atoms with van der Waals surface area (Å²) in [6.07, 6.45) is 7.86. The van der Waals surface area contributed by atoms with Crippen molar-refractivity contribution in [3.05, 3.63) is 23.3 Å². The highest BCUT2D eigenvalue weighted by molar-refractivity contribution is 5.85. The molecule has 0 saturated heterocycles. The number of carboxylic acid groups (broad SMARTS) is 1. The molecule has 0 bridgehead atoms. The number of carboxylic acids is 1. The van der Waals surface area contributed by atoms with Crippen molar-refractivity contribution in [3.63, 3.8) is 0 Å². The van der Waals surface area contributed by atoms with Crippen LogP contribution in [-0.4, -0.2) is 45.6 Å². The number of aliphatic hydroxyl groups excluding tert-OH is 1. The minimum absolute atomic E-state index is 0.0791. The zero-order valence-corrected chi connectivity index (χ0v) is 16.9. The summed E-state index contributed by atoms with van der Waals surface area (Å²) in [6, 6.07) is 0. The minimum atomic E-state index is -1.34. The smallest absolute Gasteiger partial charge is 0.331 e. The van der Waals surface area contributed by atoms with Gasteiger partial charge in [0.05, 0.1) is 17.1 Å². The van der Waals surface area contributed by atoms with E-state index in [0.29, 0.717) is 25.9 Å². The predicted molar refractivity (Wildman–Crippen MR) is 104 cm³/mol. The van der Waals surface area contributed by atoms with Crippen LogP contribution >= 0.6 is 0 Å². The molecule has 3 N–H and O–H groups in total. The summed E-state index contributed by atoms with van der Waals surface area (Å²) in [5, 5.41) is 32.0. The lowest BCUT2D eigenvalue weighted by molar-refractivity contribution is -0.222. The van der Waals surface area contributed by atoms with Gasteiger partial charge < -0.3 is 20.1 Å². The number of carbonyl (C=O) groups excluding carboxylic acids is 1. The second kappa shape index (κ2) is 6.17. The van der Waals surface area contributed by atoms with Gasteiger partial charge in [-0.2, -0.15) is 0 Å². The van der Waals surface area contributed by atoms with Crippen LogP contribution in [-0.2, 0) is 14.3 Å². The Kier molecular flexibility index (Phi) is 4.11. The molecule has 7 atom stereocenters. The third-order valence-electron chi connectivity index (χ3n) is 9.15. The van der Waals surface area contributed by atoms with Crippen LogP contribution in [0.25, 0.3) is 0 Å². The van der Waals surface area contributed by atoms with Crippen molar-refractivity contribution in [1.29, 1.82) is 0 Å². The van der Waals surface area contributed by atoms with Crippen molar-refractivity contribution in [3.8, 4) is 0 Å². The number of fused-ring (bicyclic) bond motifs is 5. The lowest BCUT2D eigenvalue weighted by Crippen LogP contribution is -2.66. The Bertz CT molecular complexity index is 829. The molecule has 0 aromatic heterocycles. The molecule has 3 fully saturated rings. The van der Waals surface area contributed by atoms with E-state index in [2.05, 4.69) is 13.0 Å². The zero-order valence-electron chi connectivity index (χ0n) is 16.9. The largest absolute Gasteiger partial charge is 0.481 e. The van der Waals surface area contributed by atoms with Crippen LogP contribution in [0.2, 0.25) is 0 Å². The highest BCUT2D eigenvalue weighted by Crippen LogP contribution is 2.67. The van der Waals surface area contributed by atoms with Crippen LogP contribution in [0, 0.1) is 28.6 Å². The number of aliphatic carboxylic acids is 1. The molecule has 0 radical (unpaired) electrons. The first-order chi connectivity index (χ1) is 13.7. The van der Waals surface area contributed by atoms with Gasteiger partial charge in [-0.1, -0.05) is 18.6 Å². The highest BCUT2D eigenvalue weighted by atomic mass is 16.5. The Morgan fingerprint density at radius 3 is 2.69 bits per heavy atom. The molecule has 6 nitrogen and oxygen atoms in total. The molecule has 29 heavy (non-hydrogen) atoms. The molecule has 0 unspecified atom stereocenters. The van der Waals surface area contributed by atoms with Crippen LogP contribution in [0.1, 0.15) is 58.3 Å². The van der Waals surface area contributed by atoms with E-state index in [1.807, 2.05) is 0 Å². The van der Waals surface area contributed by atoms with E-state index in [1.165, 1.54) is 5.57 Å². The molecular formula is C23H30O6. The molecular weight excluding hydrogens is 372 g/mol. The van der Waals surface area contributed by atoms with Crippen LogP contribution in [0.3, 0.4) is 0 Å². The van der Waals surface area contributed by atoms with Gasteiger partial charge in [0.15, 0.2) is 0 Å². The van der Waals surface area contributed by atoms with Gasteiger partial charge in [0, 0.05) is 12.5 Å². The van der Waals surface area contributed by atoms with Crippen LogP contribution in [0.4, 0.5) is 0 Å². The van der Waals surface area contributed by atoms with Crippen molar-refractivity contribution in [1.82, 2.24) is 0 Å². The first kappa shape index (κ1) is 19.3. The molecule has 0 aromatic carbocycles. The van der Waals surface area contributed by atoms with Crippen molar-refractivity contribution in [2.45, 2.75) is 70.0 Å². The van der Waals surface area contributed by atoms with Crippen molar-refractivity contribution in [2.75, 3.05) is 6.61 Å². The second-order valence-corrected chi connectivity index (χ2v) is 10.2. The molecule has 5 rings (SSSR count). The first-order valence-electron chi connectivity index (χ1n) is 10.9. The Morgan fingerprint density at radius 1 is 1.21 bits per heavy atom. The third kappa shape index (κ3) is 2.42. The van der Waals surface area contributed by atoms with Crippen molar-refractivity contribution in [2.24, 2.45) is 28.6 Å². The summed E-state index contributed by atoms with van der Waals surface area (Å²) in [5.74, 6) is -0.902. The van der Waals surface area contributed by atoms with Gasteiger partial charge in [-0.25, -0.2) is 4.79 Å². The number of allylic oxidation sites excluding steroid dienone is 2. The number of rotatable bonds is 2. The van der Waals surface area contributed by atoms with E-state index < -0.39 is 23.1 Å². The molecule has 0 amide bonds. The summed E-state index contributed by atoms with van der Waals surface area (Å²) >= 11 is 0. The second-order valence-electron chi connectivity index (χ2n) is 10.2. The number of ether oxygens (including phenoxy) is 1. The maximum Gasteiger partial charge on any atom is 0.331 e. The fraction of sp³-hybridized carbons (Fsp3) is 0.739. The summed E-state index contributed by atoms with van der Waals surface area (Å²) in [4.78, 5) is 24.2. The van der Waals surface area contributed by atoms with E-state index in [0.717, 1.165) is 31.3 Å². The lowest BCUT2D eigenvalue weighted by atomic mass is 9.43. The number of carbonyl (C=O) groups is 2. The Balaban J connectivity index is 1.51. The van der Waals surface area contributed by atoms with E-state index >= 15 is 0 Å².